The molecule has 1 aliphatic rings. The van der Waals surface area contributed by atoms with Crippen LogP contribution in [0.2, 0.25) is 0 Å². The van der Waals surface area contributed by atoms with Crippen LogP contribution in [-0.4, -0.2) is 10.9 Å². The number of allylic oxidation sites excluding steroid dienone is 2. The van der Waals surface area contributed by atoms with Gasteiger partial charge in [0.15, 0.2) is 0 Å². The predicted molar refractivity (Wildman–Crippen MR) is 83.4 cm³/mol. The van der Waals surface area contributed by atoms with Crippen molar-refractivity contribution in [2.75, 3.05) is 0 Å². The largest absolute Gasteiger partial charge is 0.411 e. The number of nitrogens with zero attached hydrogens (tertiary/aromatic N) is 1. The molecule has 3 rings (SSSR count). The van der Waals surface area contributed by atoms with E-state index in [9.17, 15) is 4.39 Å². The van der Waals surface area contributed by atoms with Crippen LogP contribution in [0.5, 0.6) is 0 Å². The van der Waals surface area contributed by atoms with Crippen molar-refractivity contribution >= 4 is 23.0 Å². The van der Waals surface area contributed by atoms with Gasteiger partial charge in [0.1, 0.15) is 5.82 Å². The summed E-state index contributed by atoms with van der Waals surface area (Å²) in [5.41, 5.74) is 3.05. The summed E-state index contributed by atoms with van der Waals surface area (Å²) in [6.07, 6.45) is 3.60. The maximum absolute atomic E-state index is 12.9. The van der Waals surface area contributed by atoms with Crippen LogP contribution in [0.1, 0.15) is 18.4 Å². The first-order valence-electron chi connectivity index (χ1n) is 6.70. The van der Waals surface area contributed by atoms with Crippen LogP contribution in [-0.2, 0) is 0 Å². The Balaban J connectivity index is 1.82. The third kappa shape index (κ3) is 3.34. The topological polar surface area (TPSA) is 32.6 Å². The Morgan fingerprint density at radius 1 is 1.00 bits per heavy atom. The molecule has 0 aromatic heterocycles. The molecule has 21 heavy (non-hydrogen) atoms. The average molecular weight is 299 g/mol. The fourth-order valence-corrected chi connectivity index (χ4v) is 3.19. The van der Waals surface area contributed by atoms with Gasteiger partial charge < -0.3 is 5.21 Å². The average Bonchev–Trinajstić information content (AvgIpc) is 2.99. The molecule has 0 amide bonds. The number of hydrogen-bond acceptors (Lipinski definition) is 3. The van der Waals surface area contributed by atoms with Gasteiger partial charge >= 0.3 is 0 Å². The van der Waals surface area contributed by atoms with Crippen LogP contribution >= 0.6 is 11.8 Å². The van der Waals surface area contributed by atoms with Crippen LogP contribution in [0.4, 0.5) is 4.39 Å². The Kier molecular flexibility index (Phi) is 4.06. The molecule has 0 heterocycles. The summed E-state index contributed by atoms with van der Waals surface area (Å²) < 4.78 is 12.9. The van der Waals surface area contributed by atoms with E-state index in [2.05, 4.69) is 17.3 Å². The smallest absolute Gasteiger partial charge is 0.123 e. The van der Waals surface area contributed by atoms with Crippen LogP contribution in [0, 0.1) is 5.82 Å². The number of hydrogen-bond donors (Lipinski definition) is 1. The van der Waals surface area contributed by atoms with Crippen LogP contribution in [0.3, 0.4) is 0 Å². The lowest BCUT2D eigenvalue weighted by Crippen LogP contribution is -1.83. The summed E-state index contributed by atoms with van der Waals surface area (Å²) >= 11 is 1.60. The monoisotopic (exact) mass is 299 g/mol. The van der Waals surface area contributed by atoms with E-state index in [0.717, 1.165) is 33.9 Å². The van der Waals surface area contributed by atoms with Crippen LogP contribution in [0.15, 0.2) is 69.6 Å². The van der Waals surface area contributed by atoms with Crippen molar-refractivity contribution in [1.29, 1.82) is 0 Å². The van der Waals surface area contributed by atoms with Crippen molar-refractivity contribution in [2.24, 2.45) is 5.16 Å². The molecule has 1 N–H and O–H groups in total. The van der Waals surface area contributed by atoms with E-state index in [1.807, 2.05) is 18.2 Å². The highest BCUT2D eigenvalue weighted by Crippen LogP contribution is 2.32. The summed E-state index contributed by atoms with van der Waals surface area (Å²) in [7, 11) is 0. The summed E-state index contributed by atoms with van der Waals surface area (Å²) in [6.45, 7) is 0. The number of benzene rings is 2. The minimum absolute atomic E-state index is 0.222. The highest BCUT2D eigenvalue weighted by atomic mass is 32.2. The molecule has 2 nitrogen and oxygen atoms in total. The lowest BCUT2D eigenvalue weighted by molar-refractivity contribution is 0.318. The second kappa shape index (κ2) is 6.14. The maximum Gasteiger partial charge on any atom is 0.123 e. The van der Waals surface area contributed by atoms with Crippen molar-refractivity contribution in [3.8, 4) is 0 Å². The van der Waals surface area contributed by atoms with E-state index in [1.54, 1.807) is 23.9 Å². The number of oxime groups is 1. The predicted octanol–water partition coefficient (Wildman–Crippen LogP) is 4.98. The van der Waals surface area contributed by atoms with Gasteiger partial charge in [0.05, 0.1) is 5.71 Å². The summed E-state index contributed by atoms with van der Waals surface area (Å²) in [6, 6.07) is 14.7. The molecule has 0 spiro atoms. The van der Waals surface area contributed by atoms with Gasteiger partial charge in [0, 0.05) is 9.79 Å². The normalized spacial score (nSPS) is 16.2. The molecule has 0 atom stereocenters. The zero-order chi connectivity index (χ0) is 14.7. The standard InChI is InChI=1S/C17H14FNOS/c18-14-5-8-16(9-6-14)21-17-3-1-2-12(11-17)13-4-7-15(10-13)19-20/h1-3,5-6,8-11,20H,4,7H2/b19-15+. The van der Waals surface area contributed by atoms with Crippen LogP contribution in [0.25, 0.3) is 5.57 Å². The number of rotatable bonds is 3. The highest BCUT2D eigenvalue weighted by Gasteiger charge is 2.13. The van der Waals surface area contributed by atoms with Gasteiger partial charge in [-0.2, -0.15) is 0 Å². The van der Waals surface area contributed by atoms with Crippen molar-refractivity contribution in [3.63, 3.8) is 0 Å². The molecule has 2 aromatic carbocycles. The molecule has 0 fully saturated rings. The van der Waals surface area contributed by atoms with E-state index in [4.69, 9.17) is 5.21 Å². The molecule has 0 saturated heterocycles. The molecule has 0 unspecified atom stereocenters. The van der Waals surface area contributed by atoms with Crippen molar-refractivity contribution in [3.05, 3.63) is 66.0 Å². The molecular formula is C17H14FNOS. The van der Waals surface area contributed by atoms with Gasteiger partial charge in [-0.05, 0) is 66.5 Å². The molecule has 0 radical (unpaired) electrons. The molecule has 0 saturated carbocycles. The van der Waals surface area contributed by atoms with E-state index in [0.29, 0.717) is 0 Å². The van der Waals surface area contributed by atoms with Gasteiger partial charge in [-0.15, -0.1) is 0 Å². The summed E-state index contributed by atoms with van der Waals surface area (Å²) in [5.74, 6) is -0.222. The summed E-state index contributed by atoms with van der Waals surface area (Å²) in [5, 5.41) is 12.1. The lowest BCUT2D eigenvalue weighted by Gasteiger charge is -2.06. The van der Waals surface area contributed by atoms with Crippen molar-refractivity contribution in [2.45, 2.75) is 22.6 Å². The summed E-state index contributed by atoms with van der Waals surface area (Å²) in [4.78, 5) is 2.11. The third-order valence-electron chi connectivity index (χ3n) is 3.37. The van der Waals surface area contributed by atoms with Gasteiger partial charge in [-0.3, -0.25) is 0 Å². The van der Waals surface area contributed by atoms with E-state index >= 15 is 0 Å². The minimum atomic E-state index is -0.222. The van der Waals surface area contributed by atoms with E-state index < -0.39 is 0 Å². The molecule has 4 heteroatoms. The van der Waals surface area contributed by atoms with Gasteiger partial charge in [0.25, 0.3) is 0 Å². The quantitative estimate of drug-likeness (QED) is 0.640. The van der Waals surface area contributed by atoms with E-state index in [-0.39, 0.29) is 5.82 Å². The molecule has 0 bridgehead atoms. The Morgan fingerprint density at radius 2 is 1.81 bits per heavy atom. The Bertz CT molecular complexity index is 707. The molecule has 2 aromatic rings. The molecular weight excluding hydrogens is 285 g/mol. The first-order chi connectivity index (χ1) is 10.2. The molecule has 0 aliphatic heterocycles. The fraction of sp³-hybridized carbons (Fsp3) is 0.118. The number of halogens is 1. The fourth-order valence-electron chi connectivity index (χ4n) is 2.31. The van der Waals surface area contributed by atoms with Crippen LogP contribution < -0.4 is 0 Å². The zero-order valence-corrected chi connectivity index (χ0v) is 12.1. The molecule has 1 aliphatic carbocycles. The van der Waals surface area contributed by atoms with E-state index in [1.165, 1.54) is 17.7 Å². The Hall–Kier alpha value is -2.07. The first-order valence-corrected chi connectivity index (χ1v) is 7.51. The highest BCUT2D eigenvalue weighted by molar-refractivity contribution is 7.99. The second-order valence-electron chi connectivity index (χ2n) is 4.84. The maximum atomic E-state index is 12.9. The Morgan fingerprint density at radius 3 is 2.52 bits per heavy atom. The SMILES string of the molecule is O/N=C1/C=C(c2cccc(Sc3ccc(F)cc3)c2)CC1. The third-order valence-corrected chi connectivity index (χ3v) is 4.37. The minimum Gasteiger partial charge on any atom is -0.411 e. The van der Waals surface area contributed by atoms with Crippen molar-refractivity contribution in [1.82, 2.24) is 0 Å². The second-order valence-corrected chi connectivity index (χ2v) is 5.99. The van der Waals surface area contributed by atoms with Gasteiger partial charge in [-0.25, -0.2) is 4.39 Å². The lowest BCUT2D eigenvalue weighted by atomic mass is 10.1. The first kappa shape index (κ1) is 13.9. The van der Waals surface area contributed by atoms with Gasteiger partial charge in [-0.1, -0.05) is 29.1 Å². The van der Waals surface area contributed by atoms with Gasteiger partial charge in [0.2, 0.25) is 0 Å². The zero-order valence-electron chi connectivity index (χ0n) is 11.3. The van der Waals surface area contributed by atoms with Crippen molar-refractivity contribution < 1.29 is 9.60 Å². The molecule has 106 valence electrons. The Labute approximate surface area is 127 Å².